The maximum atomic E-state index is 13.2. The van der Waals surface area contributed by atoms with Gasteiger partial charge >= 0.3 is 27.5 Å². The predicted molar refractivity (Wildman–Crippen MR) is 50.9 cm³/mol. The molecule has 2 atom stereocenters. The molecule has 0 bridgehead atoms. The second-order valence-corrected chi connectivity index (χ2v) is 4.93. The van der Waals surface area contributed by atoms with Gasteiger partial charge in [-0.3, -0.25) is 4.79 Å². The van der Waals surface area contributed by atoms with Gasteiger partial charge in [-0.1, -0.05) is 23.2 Å². The molecule has 0 N–H and O–H groups in total. The summed E-state index contributed by atoms with van der Waals surface area (Å²) in [6.07, 6.45) is 0. The highest BCUT2D eigenvalue weighted by molar-refractivity contribution is 6.66. The van der Waals surface area contributed by atoms with Gasteiger partial charge in [0.2, 0.25) is 0 Å². The van der Waals surface area contributed by atoms with Crippen LogP contribution in [-0.4, -0.2) is 32.7 Å². The Bertz CT molecular complexity index is 376. The molecule has 19 heavy (non-hydrogen) atoms. The highest BCUT2D eigenvalue weighted by atomic mass is 35.5. The molecule has 0 aliphatic carbocycles. The van der Waals surface area contributed by atoms with Crippen LogP contribution in [0.3, 0.4) is 0 Å². The van der Waals surface area contributed by atoms with Crippen LogP contribution in [0.1, 0.15) is 0 Å². The first-order chi connectivity index (χ1) is 7.94. The third-order valence-corrected chi connectivity index (χ3v) is 3.33. The minimum atomic E-state index is -6.50. The summed E-state index contributed by atoms with van der Waals surface area (Å²) < 4.78 is 102. The van der Waals surface area contributed by atoms with Gasteiger partial charge in [0.05, 0.1) is 0 Å². The maximum absolute atomic E-state index is 13.2. The van der Waals surface area contributed by atoms with Crippen LogP contribution in [-0.2, 0) is 4.79 Å². The molecule has 0 radical (unpaired) electrons. The van der Waals surface area contributed by atoms with Crippen LogP contribution in [0.15, 0.2) is 0 Å². The molecule has 0 aromatic heterocycles. The average Bonchev–Trinajstić information content (AvgIpc) is 2.14. The maximum Gasteiger partial charge on any atom is 0.375 e. The largest absolute Gasteiger partial charge is 0.375 e. The number of hydrogen-bond donors (Lipinski definition) is 0. The zero-order valence-electron chi connectivity index (χ0n) is 7.94. The molecule has 0 aliphatic rings. The number of alkyl halides is 11. The lowest BCUT2D eigenvalue weighted by atomic mass is 10.0. The average molecular weight is 382 g/mol. The van der Waals surface area contributed by atoms with Gasteiger partial charge in [-0.25, -0.2) is 8.78 Å². The zero-order valence-corrected chi connectivity index (χ0v) is 11.0. The molecule has 0 rings (SSSR count). The van der Waals surface area contributed by atoms with E-state index < -0.39 is 32.7 Å². The molecule has 0 saturated heterocycles. The van der Waals surface area contributed by atoms with Crippen LogP contribution in [0, 0.1) is 0 Å². The van der Waals surface area contributed by atoms with Gasteiger partial charge in [-0.2, -0.15) is 26.3 Å². The molecule has 0 aromatic carbocycles. The lowest BCUT2D eigenvalue weighted by molar-refractivity contribution is -0.257. The van der Waals surface area contributed by atoms with Gasteiger partial charge in [-0.05, 0) is 23.2 Å². The van der Waals surface area contributed by atoms with Crippen molar-refractivity contribution in [3.63, 3.8) is 0 Å². The van der Waals surface area contributed by atoms with Crippen LogP contribution in [0.5, 0.6) is 0 Å². The Balaban J connectivity index is 5.99. The summed E-state index contributed by atoms with van der Waals surface area (Å²) in [5.41, 5.74) is 0. The molecule has 0 heterocycles. The smallest absolute Gasteiger partial charge is 0.274 e. The Labute approximate surface area is 119 Å². The predicted octanol–water partition coefficient (Wildman–Crippen LogP) is 4.66. The first-order valence-corrected chi connectivity index (χ1v) is 5.23. The van der Waals surface area contributed by atoms with Crippen molar-refractivity contribution < 1.29 is 39.9 Å². The molecule has 0 unspecified atom stereocenters. The fourth-order valence-corrected chi connectivity index (χ4v) is 1.39. The molecule has 114 valence electrons. The standard InChI is InChI=1S/C6Cl4F8O/c7-1(19)2(11,12)3(8,13)5(15,16)4(9,14)6(10,17)18/t3-,4+/m0/s1. The van der Waals surface area contributed by atoms with Crippen LogP contribution in [0.4, 0.5) is 35.1 Å². The molecule has 13 heteroatoms. The molecule has 0 saturated carbocycles. The zero-order chi connectivity index (χ0) is 16.1. The van der Waals surface area contributed by atoms with E-state index in [1.807, 2.05) is 0 Å². The summed E-state index contributed by atoms with van der Waals surface area (Å²) in [5, 5.41) is -20.6. The fourth-order valence-electron chi connectivity index (χ4n) is 0.696. The lowest BCUT2D eigenvalue weighted by Gasteiger charge is -2.38. The van der Waals surface area contributed by atoms with Crippen molar-refractivity contribution in [2.45, 2.75) is 27.5 Å². The number of hydrogen-bond acceptors (Lipinski definition) is 1. The highest BCUT2D eigenvalue weighted by Crippen LogP contribution is 2.60. The van der Waals surface area contributed by atoms with E-state index in [0.29, 0.717) is 0 Å². The number of carbonyl (C=O) groups excluding carboxylic acids is 1. The van der Waals surface area contributed by atoms with E-state index >= 15 is 0 Å². The number of halogens is 12. The summed E-state index contributed by atoms with van der Waals surface area (Å²) in [6, 6.07) is 0. The minimum Gasteiger partial charge on any atom is -0.274 e. The summed E-state index contributed by atoms with van der Waals surface area (Å²) in [7, 11) is 0. The quantitative estimate of drug-likeness (QED) is 0.384. The van der Waals surface area contributed by atoms with Crippen LogP contribution >= 0.6 is 46.4 Å². The van der Waals surface area contributed by atoms with Crippen molar-refractivity contribution in [3.8, 4) is 0 Å². The van der Waals surface area contributed by atoms with E-state index in [9.17, 15) is 39.9 Å². The Morgan fingerprint density at radius 3 is 1.26 bits per heavy atom. The molecule has 0 fully saturated rings. The van der Waals surface area contributed by atoms with Crippen molar-refractivity contribution in [2.24, 2.45) is 0 Å². The lowest BCUT2D eigenvalue weighted by Crippen LogP contribution is -2.66. The van der Waals surface area contributed by atoms with Crippen molar-refractivity contribution in [2.75, 3.05) is 0 Å². The topological polar surface area (TPSA) is 17.1 Å². The second-order valence-electron chi connectivity index (χ2n) is 3.07. The number of rotatable bonds is 5. The molecular formula is C6Cl4F8O. The van der Waals surface area contributed by atoms with Gasteiger partial charge in [0.1, 0.15) is 0 Å². The molecular weight excluding hydrogens is 382 g/mol. The van der Waals surface area contributed by atoms with Gasteiger partial charge in [0, 0.05) is 0 Å². The Kier molecular flexibility index (Phi) is 4.99. The SMILES string of the molecule is O=C(Cl)C(F)(F)[C@@](F)(Cl)C(F)(F)[C@](F)(Cl)C(F)(F)Cl. The van der Waals surface area contributed by atoms with E-state index in [1.165, 1.54) is 0 Å². The summed E-state index contributed by atoms with van der Waals surface area (Å²) in [5.74, 6) is -12.4. The molecule has 0 aromatic rings. The van der Waals surface area contributed by atoms with Gasteiger partial charge in [0.15, 0.2) is 0 Å². The van der Waals surface area contributed by atoms with Crippen molar-refractivity contribution >= 4 is 51.6 Å². The van der Waals surface area contributed by atoms with Gasteiger partial charge < -0.3 is 0 Å². The van der Waals surface area contributed by atoms with Crippen molar-refractivity contribution in [3.05, 3.63) is 0 Å². The van der Waals surface area contributed by atoms with Gasteiger partial charge in [-0.15, -0.1) is 0 Å². The molecule has 0 amide bonds. The van der Waals surface area contributed by atoms with E-state index in [0.717, 1.165) is 0 Å². The summed E-state index contributed by atoms with van der Waals surface area (Å²) >= 11 is 15.9. The molecule has 0 spiro atoms. The monoisotopic (exact) mass is 380 g/mol. The highest BCUT2D eigenvalue weighted by Gasteiger charge is 2.84. The molecule has 0 aliphatic heterocycles. The summed E-state index contributed by atoms with van der Waals surface area (Å²) in [6.45, 7) is 0. The normalized spacial score (nSPS) is 20.6. The Morgan fingerprint density at radius 2 is 1.05 bits per heavy atom. The summed E-state index contributed by atoms with van der Waals surface area (Å²) in [4.78, 5) is 10.1. The Hall–Kier alpha value is 0.270. The Morgan fingerprint density at radius 1 is 0.737 bits per heavy atom. The third kappa shape index (κ3) is 2.71. The third-order valence-electron chi connectivity index (χ3n) is 1.79. The first kappa shape index (κ1) is 19.3. The minimum absolute atomic E-state index is 3.09. The van der Waals surface area contributed by atoms with Crippen molar-refractivity contribution in [1.29, 1.82) is 0 Å². The molecule has 1 nitrogen and oxygen atoms in total. The van der Waals surface area contributed by atoms with Crippen LogP contribution in [0.2, 0.25) is 0 Å². The van der Waals surface area contributed by atoms with Crippen molar-refractivity contribution in [1.82, 2.24) is 0 Å². The first-order valence-electron chi connectivity index (χ1n) is 3.72. The second kappa shape index (κ2) is 4.92. The fraction of sp³-hybridized carbons (Fsp3) is 0.833. The van der Waals surface area contributed by atoms with E-state index in [-0.39, 0.29) is 0 Å². The van der Waals surface area contributed by atoms with Crippen LogP contribution in [0.25, 0.3) is 0 Å². The number of carbonyl (C=O) groups is 1. The van der Waals surface area contributed by atoms with Crippen LogP contribution < -0.4 is 0 Å². The van der Waals surface area contributed by atoms with E-state index in [2.05, 4.69) is 46.4 Å². The van der Waals surface area contributed by atoms with E-state index in [1.54, 1.807) is 0 Å². The van der Waals surface area contributed by atoms with Gasteiger partial charge in [0.25, 0.3) is 5.24 Å². The van der Waals surface area contributed by atoms with E-state index in [4.69, 9.17) is 0 Å².